The molecule has 8 nitrogen and oxygen atoms in total. The van der Waals surface area contributed by atoms with Crippen molar-refractivity contribution in [2.75, 3.05) is 18.4 Å². The molecule has 192 valence electrons. The minimum atomic E-state index is -5.08. The van der Waals surface area contributed by atoms with E-state index in [-0.39, 0.29) is 17.5 Å². The number of benzene rings is 1. The van der Waals surface area contributed by atoms with Crippen LogP contribution < -0.4 is 10.6 Å². The molecule has 2 heterocycles. The highest BCUT2D eigenvalue weighted by Gasteiger charge is 2.38. The zero-order valence-electron chi connectivity index (χ0n) is 19.8. The number of halogens is 3. The van der Waals surface area contributed by atoms with Crippen molar-refractivity contribution in [3.63, 3.8) is 0 Å². The quantitative estimate of drug-likeness (QED) is 0.411. The van der Waals surface area contributed by atoms with Crippen molar-refractivity contribution in [2.45, 2.75) is 51.1 Å². The van der Waals surface area contributed by atoms with E-state index < -0.39 is 12.1 Å². The molecule has 1 aliphatic carbocycles. The van der Waals surface area contributed by atoms with Gasteiger partial charge < -0.3 is 20.6 Å². The van der Waals surface area contributed by atoms with Crippen LogP contribution in [-0.4, -0.2) is 46.2 Å². The van der Waals surface area contributed by atoms with Crippen molar-refractivity contribution in [1.29, 1.82) is 0 Å². The van der Waals surface area contributed by atoms with Crippen LogP contribution in [0, 0.1) is 12.5 Å². The van der Waals surface area contributed by atoms with Gasteiger partial charge in [-0.1, -0.05) is 25.6 Å². The first-order chi connectivity index (χ1) is 17.1. The first-order valence-corrected chi connectivity index (χ1v) is 11.7. The summed E-state index contributed by atoms with van der Waals surface area (Å²) in [6.07, 6.45) is 4.20. The number of allylic oxidation sites excluding steroid dienone is 2. The first kappa shape index (κ1) is 26.9. The topological polar surface area (TPSA) is 111 Å². The normalized spacial score (nSPS) is 18.3. The number of carbonyl (C=O) groups is 2. The lowest BCUT2D eigenvalue weighted by Gasteiger charge is -2.26. The largest absolute Gasteiger partial charge is 0.490 e. The van der Waals surface area contributed by atoms with Crippen LogP contribution in [0.3, 0.4) is 0 Å². The zero-order chi connectivity index (χ0) is 26.3. The summed E-state index contributed by atoms with van der Waals surface area (Å²) in [5.41, 5.74) is 4.61. The molecule has 36 heavy (non-hydrogen) atoms. The highest BCUT2D eigenvalue weighted by molar-refractivity contribution is 6.03. The molecule has 1 aliphatic heterocycles. The number of amides is 1. The molecule has 1 fully saturated rings. The molecule has 1 saturated heterocycles. The van der Waals surface area contributed by atoms with Crippen molar-refractivity contribution in [3.05, 3.63) is 58.8 Å². The summed E-state index contributed by atoms with van der Waals surface area (Å²) in [7, 11) is 0. The third-order valence-electron chi connectivity index (χ3n) is 6.26. The van der Waals surface area contributed by atoms with Crippen molar-refractivity contribution < 1.29 is 27.9 Å². The van der Waals surface area contributed by atoms with Gasteiger partial charge in [-0.3, -0.25) is 9.78 Å². The number of aliphatic carboxylic acids is 1. The van der Waals surface area contributed by atoms with Crippen LogP contribution in [0.25, 0.3) is 10.4 Å². The highest BCUT2D eigenvalue weighted by Crippen LogP contribution is 2.37. The third kappa shape index (κ3) is 7.18. The number of imidazole rings is 1. The minimum absolute atomic E-state index is 0.163. The Hall–Kier alpha value is -3.65. The average molecular weight is 504 g/mol. The summed E-state index contributed by atoms with van der Waals surface area (Å²) in [4.78, 5) is 31.6. The minimum Gasteiger partial charge on any atom is -0.475 e. The molecule has 1 amide bonds. The smallest absolute Gasteiger partial charge is 0.475 e. The Kier molecular flexibility index (Phi) is 8.88. The van der Waals surface area contributed by atoms with E-state index in [1.165, 1.54) is 23.8 Å². The number of hydrogen-bond donors (Lipinski definition) is 4. The Morgan fingerprint density at radius 2 is 1.92 bits per heavy atom. The van der Waals surface area contributed by atoms with E-state index in [1.807, 2.05) is 6.07 Å². The molecule has 11 heteroatoms. The Morgan fingerprint density at radius 3 is 2.47 bits per heavy atom. The van der Waals surface area contributed by atoms with Gasteiger partial charge in [-0.05, 0) is 80.3 Å². The second kappa shape index (κ2) is 11.9. The van der Waals surface area contributed by atoms with Crippen LogP contribution in [0.2, 0.25) is 0 Å². The lowest BCUT2D eigenvalue weighted by Crippen LogP contribution is -2.26. The molecule has 0 saturated carbocycles. The summed E-state index contributed by atoms with van der Waals surface area (Å²) in [5.74, 6) is -1.38. The molecule has 1 aromatic heterocycles. The standard InChI is InChI=1S/C23H27N5O.C2HF3O2/c1-15-3-5-17(6-4-15)19-13-18(16-9-11-25-12-10-16)7-8-20(19)27-23(29)22-26-14-21(24-2)28-22;3-2(4,5)1(6)7/h5,7-8,13-16,25H,3-4,6,9-12H2,1H3,(H,26,28)(H,27,29);(H,6,7). The van der Waals surface area contributed by atoms with Crippen LogP contribution >= 0.6 is 0 Å². The number of carboxylic acid groups (broad SMARTS) is 1. The van der Waals surface area contributed by atoms with Crippen LogP contribution in [0.5, 0.6) is 0 Å². The van der Waals surface area contributed by atoms with E-state index >= 15 is 0 Å². The first-order valence-electron chi connectivity index (χ1n) is 11.7. The fourth-order valence-electron chi connectivity index (χ4n) is 4.22. The van der Waals surface area contributed by atoms with Crippen molar-refractivity contribution in [1.82, 2.24) is 15.3 Å². The van der Waals surface area contributed by atoms with Gasteiger partial charge in [-0.15, -0.1) is 0 Å². The molecule has 4 rings (SSSR count). The van der Waals surface area contributed by atoms with E-state index in [1.54, 1.807) is 0 Å². The maximum atomic E-state index is 12.7. The van der Waals surface area contributed by atoms with Crippen LogP contribution in [-0.2, 0) is 4.79 Å². The van der Waals surface area contributed by atoms with Crippen LogP contribution in [0.1, 0.15) is 66.7 Å². The number of nitrogens with one attached hydrogen (secondary N) is 3. The molecule has 4 N–H and O–H groups in total. The highest BCUT2D eigenvalue weighted by atomic mass is 19.4. The SMILES string of the molecule is O=C(O)C(F)(F)F.[C-]#[N+]c1cnc(C(=O)Nc2ccc(C3CCNCC3)cc2C2=CCC(C)CC2)[nH]1. The number of nitrogens with zero attached hydrogens (tertiary/aromatic N) is 2. The fraction of sp³-hybridized carbons (Fsp3) is 0.440. The maximum Gasteiger partial charge on any atom is 0.490 e. The average Bonchev–Trinajstić information content (AvgIpc) is 3.35. The van der Waals surface area contributed by atoms with Gasteiger partial charge in [0.1, 0.15) is 0 Å². The Morgan fingerprint density at radius 1 is 1.22 bits per heavy atom. The second-order valence-electron chi connectivity index (χ2n) is 8.92. The van der Waals surface area contributed by atoms with Crippen LogP contribution in [0.4, 0.5) is 24.7 Å². The molecule has 2 aromatic rings. The summed E-state index contributed by atoms with van der Waals surface area (Å²) in [6.45, 7) is 11.4. The Labute approximate surface area is 206 Å². The summed E-state index contributed by atoms with van der Waals surface area (Å²) < 4.78 is 31.7. The van der Waals surface area contributed by atoms with Gasteiger partial charge in [0.05, 0.1) is 6.20 Å². The lowest BCUT2D eigenvalue weighted by molar-refractivity contribution is -0.192. The number of carbonyl (C=O) groups excluding carboxylic acids is 1. The van der Waals surface area contributed by atoms with Gasteiger partial charge in [0.25, 0.3) is 5.82 Å². The monoisotopic (exact) mass is 503 g/mol. The molecule has 0 spiro atoms. The van der Waals surface area contributed by atoms with Crippen LogP contribution in [0.15, 0.2) is 30.5 Å². The molecular weight excluding hydrogens is 475 g/mol. The zero-order valence-corrected chi connectivity index (χ0v) is 19.8. The van der Waals surface area contributed by atoms with Gasteiger partial charge in [0, 0.05) is 11.3 Å². The van der Waals surface area contributed by atoms with E-state index in [2.05, 4.69) is 50.6 Å². The molecule has 2 aliphatic rings. The molecule has 0 radical (unpaired) electrons. The number of rotatable bonds is 4. The Bertz CT molecular complexity index is 1160. The number of anilines is 1. The van der Waals surface area contributed by atoms with E-state index in [0.717, 1.165) is 50.0 Å². The molecule has 1 aromatic carbocycles. The maximum absolute atomic E-state index is 12.7. The fourth-order valence-corrected chi connectivity index (χ4v) is 4.22. The van der Waals surface area contributed by atoms with E-state index in [9.17, 15) is 18.0 Å². The summed E-state index contributed by atoms with van der Waals surface area (Å²) in [6, 6.07) is 6.45. The van der Waals surface area contributed by atoms with Gasteiger partial charge in [-0.25, -0.2) is 9.78 Å². The number of alkyl halides is 3. The van der Waals surface area contributed by atoms with Crippen molar-refractivity contribution in [2.24, 2.45) is 5.92 Å². The number of H-pyrrole nitrogens is 1. The number of aromatic nitrogens is 2. The number of aromatic amines is 1. The number of piperidine rings is 1. The second-order valence-corrected chi connectivity index (χ2v) is 8.92. The van der Waals surface area contributed by atoms with E-state index in [0.29, 0.717) is 11.8 Å². The van der Waals surface area contributed by atoms with Crippen molar-refractivity contribution >= 4 is 29.0 Å². The van der Waals surface area contributed by atoms with Gasteiger partial charge in [-0.2, -0.15) is 13.2 Å². The number of hydrogen-bond acceptors (Lipinski definition) is 4. The molecular formula is C25H28F3N5O3. The summed E-state index contributed by atoms with van der Waals surface area (Å²) in [5, 5.41) is 13.6. The van der Waals surface area contributed by atoms with Gasteiger partial charge in [0.15, 0.2) is 0 Å². The predicted molar refractivity (Wildman–Crippen MR) is 129 cm³/mol. The lowest BCUT2D eigenvalue weighted by atomic mass is 9.84. The molecule has 0 bridgehead atoms. The number of carboxylic acids is 1. The van der Waals surface area contributed by atoms with Crippen molar-refractivity contribution in [3.8, 4) is 0 Å². The third-order valence-corrected chi connectivity index (χ3v) is 6.26. The summed E-state index contributed by atoms with van der Waals surface area (Å²) >= 11 is 0. The van der Waals surface area contributed by atoms with Gasteiger partial charge >= 0.3 is 18.1 Å². The predicted octanol–water partition coefficient (Wildman–Crippen LogP) is 5.52. The van der Waals surface area contributed by atoms with E-state index in [4.69, 9.17) is 16.5 Å². The molecule has 1 atom stereocenters. The van der Waals surface area contributed by atoms with Gasteiger partial charge in [0.2, 0.25) is 5.82 Å². The molecule has 1 unspecified atom stereocenters. The Balaban J connectivity index is 0.000000454.